The number of nitrogens with one attached hydrogen (secondary N) is 3. The van der Waals surface area contributed by atoms with Gasteiger partial charge in [0.05, 0.1) is 59.4 Å². The first-order chi connectivity index (χ1) is 65.6. The van der Waals surface area contributed by atoms with Crippen LogP contribution in [0, 0.1) is 0 Å². The maximum absolute atomic E-state index is 12.1. The summed E-state index contributed by atoms with van der Waals surface area (Å²) in [6.07, 6.45) is 7.65. The second kappa shape index (κ2) is 54.6. The molecule has 0 radical (unpaired) electrons. The Kier molecular flexibility index (Phi) is 44.8. The van der Waals surface area contributed by atoms with Gasteiger partial charge in [-0.3, -0.25) is 71.9 Å². The molecule has 0 saturated carbocycles. The van der Waals surface area contributed by atoms with E-state index < -0.39 is 87.8 Å². The van der Waals surface area contributed by atoms with E-state index in [4.69, 9.17) is 32.7 Å². The van der Waals surface area contributed by atoms with Gasteiger partial charge in [0.25, 0.3) is 0 Å². The Morgan fingerprint density at radius 2 is 0.669 bits per heavy atom. The number of fused-ring (bicyclic) bond motifs is 6. The van der Waals surface area contributed by atoms with Gasteiger partial charge in [-0.25, -0.2) is 17.5 Å². The number of carbonyl (C=O) groups excluding carboxylic acids is 16. The molecule has 9 N–H and O–H groups in total. The molecule has 0 saturated heterocycles. The number of carbonyl (C=O) groups is 16. The molecule has 0 bridgehead atoms. The zero-order valence-electron chi connectivity index (χ0n) is 80.8. The lowest BCUT2D eigenvalue weighted by Crippen LogP contribution is -2.39. The summed E-state index contributed by atoms with van der Waals surface area (Å²) in [5.74, 6) is -2.40. The average molecular weight is 1940 g/mol. The number of benzene rings is 6. The average Bonchev–Trinajstić information content (AvgIpc) is 0.787. The highest BCUT2D eigenvalue weighted by molar-refractivity contribution is 7.88. The van der Waals surface area contributed by atoms with Gasteiger partial charge in [-0.1, -0.05) is 72.8 Å². The number of methoxy groups -OCH3 is 2. The van der Waals surface area contributed by atoms with Gasteiger partial charge in [0.15, 0.2) is 52.0 Å². The molecular weight excluding hydrogens is 1820 g/mol. The monoisotopic (exact) mass is 1940 g/mol. The maximum atomic E-state index is 12.1. The summed E-state index contributed by atoms with van der Waals surface area (Å²) in [5.41, 5.74) is 7.48. The van der Waals surface area contributed by atoms with Crippen molar-refractivity contribution in [2.24, 2.45) is 0 Å². The van der Waals surface area contributed by atoms with Gasteiger partial charge in [-0.15, -0.1) is 0 Å². The molecular formula is C96H122B6N4O32S. The number of Topliss-reactive ketones (excluding diaryl/α,β-unsaturated/α-hetero) is 13. The van der Waals surface area contributed by atoms with Gasteiger partial charge < -0.3 is 83.5 Å². The van der Waals surface area contributed by atoms with E-state index in [1.807, 2.05) is 37.3 Å². The number of hydrogen-bond acceptors (Lipinski definition) is 32. The smallest absolute Gasteiger partial charge is 0.526 e. The van der Waals surface area contributed by atoms with Crippen LogP contribution in [0.25, 0.3) is 0 Å². The van der Waals surface area contributed by atoms with Gasteiger partial charge in [-0.2, -0.15) is 0 Å². The van der Waals surface area contributed by atoms with Gasteiger partial charge in [-0.05, 0) is 176 Å². The van der Waals surface area contributed by atoms with Crippen molar-refractivity contribution in [1.82, 2.24) is 20.3 Å². The second-order valence-electron chi connectivity index (χ2n) is 35.2. The van der Waals surface area contributed by atoms with Crippen molar-refractivity contribution in [3.05, 3.63) is 176 Å². The molecule has 0 fully saturated rings. The molecule has 12 rings (SSSR count). The predicted octanol–water partition coefficient (Wildman–Crippen LogP) is 8.68. The minimum Gasteiger partial charge on any atom is -0.535 e. The standard InChI is InChI=1S/C17H22BNO5.C17H21BO6.C17H23BO5.C16H22BNO6S.C15H19BN2O5.C14H15BO5/c1-11(20)16-7-3-5-13-9-14(18(23)24-17(13)16)10-15(22)6-4-8-19-12(2)21;1-11(19)15-7-3-5-12-9-13(18(22)24-17(12)15)10-14(20)6-4-8-16(21)23-2;1-11(22-3)7-8-15(20)10-14-9-13-5-4-6-16(12(2)19)17(13)23-18(14)21;1-11(19)15-6-4-5-12-9-13(17(21)24-16(12)15)10-14(20)7-8-18(2)25(3,22)23;1-9(19)13-5-3-4-10-6-11(16(22)23-14(10)13)7-12(20)8-18-15(21)17-2;1-8(16)12-5-3-4-10-6-11(7-13(18)9(2)17)15(19)20-14(10)12/h3,5,7,14,23H,4,6,8-10H2,1-2H3,(H,19,21);3,5,7,13,22H,4,6,8-10H2,1-2H3;4-6,11,14,21H,7-10H2,1-3H3;4-6,13,21H,7-10H2,1-3H3;3-5,11,22H,6-8H2,1-2H3,(H2,17,18,21);3-5,11,19H,6-7H2,1-2H3/t14-;13-;11?,14-;13-;2*11-/m111111/s1. The number of rotatable bonds is 37. The second-order valence-corrected chi connectivity index (χ2v) is 37.3. The predicted molar refractivity (Wildman–Crippen MR) is 517 cm³/mol. The molecule has 43 heteroatoms. The lowest BCUT2D eigenvalue weighted by Gasteiger charge is -2.28. The Hall–Kier alpha value is -11.9. The van der Waals surface area contributed by atoms with E-state index in [0.29, 0.717) is 145 Å². The molecule has 139 heavy (non-hydrogen) atoms. The molecule has 7 atom stereocenters. The fourth-order valence-electron chi connectivity index (χ4n) is 16.2. The van der Waals surface area contributed by atoms with Crippen molar-refractivity contribution >= 4 is 146 Å². The highest BCUT2D eigenvalue weighted by Crippen LogP contribution is 2.43. The number of ketones is 13. The van der Waals surface area contributed by atoms with E-state index in [1.165, 1.54) is 76.6 Å². The number of urea groups is 1. The highest BCUT2D eigenvalue weighted by atomic mass is 32.2. The van der Waals surface area contributed by atoms with E-state index >= 15 is 0 Å². The number of nitrogens with zero attached hydrogens (tertiary/aromatic N) is 1. The molecule has 6 aromatic rings. The van der Waals surface area contributed by atoms with Crippen LogP contribution >= 0.6 is 0 Å². The molecule has 6 heterocycles. The van der Waals surface area contributed by atoms with Crippen LogP contribution in [0.2, 0.25) is 34.9 Å². The maximum Gasteiger partial charge on any atom is 0.526 e. The van der Waals surface area contributed by atoms with Crippen LogP contribution in [0.1, 0.15) is 248 Å². The topological polar surface area (TPSA) is 542 Å². The first-order valence-corrected chi connectivity index (χ1v) is 47.7. The lowest BCUT2D eigenvalue weighted by molar-refractivity contribution is -0.141. The first-order valence-electron chi connectivity index (χ1n) is 45.8. The number of sulfonamides is 1. The quantitative estimate of drug-likeness (QED) is 0.00578. The molecule has 3 amide bonds. The fourth-order valence-corrected chi connectivity index (χ4v) is 16.6. The third kappa shape index (κ3) is 34.8. The van der Waals surface area contributed by atoms with Crippen LogP contribution in [-0.4, -0.2) is 239 Å². The molecule has 0 aliphatic carbocycles. The van der Waals surface area contributed by atoms with E-state index in [1.54, 1.807) is 86.0 Å². The summed E-state index contributed by atoms with van der Waals surface area (Å²) in [4.78, 5) is 185. The van der Waals surface area contributed by atoms with Crippen LogP contribution < -0.4 is 43.9 Å². The third-order valence-corrected chi connectivity index (χ3v) is 25.5. The van der Waals surface area contributed by atoms with Gasteiger partial charge >= 0.3 is 54.7 Å². The van der Waals surface area contributed by atoms with Crippen molar-refractivity contribution in [2.45, 2.75) is 232 Å². The molecule has 0 aromatic heterocycles. The molecule has 742 valence electrons. The summed E-state index contributed by atoms with van der Waals surface area (Å²) in [6.45, 7) is 13.7. The number of amides is 3. The Bertz CT molecular complexity index is 5610. The number of ether oxygens (including phenoxy) is 2. The number of hydrogen-bond donors (Lipinski definition) is 9. The van der Waals surface area contributed by atoms with Crippen LogP contribution in [0.4, 0.5) is 4.79 Å². The summed E-state index contributed by atoms with van der Waals surface area (Å²) in [5, 5.41) is 68.2. The van der Waals surface area contributed by atoms with Crippen LogP contribution in [-0.2, 0) is 101 Å². The minimum absolute atomic E-state index is 0.0270. The highest BCUT2D eigenvalue weighted by Gasteiger charge is 2.44. The van der Waals surface area contributed by atoms with E-state index in [2.05, 4.69) is 20.7 Å². The van der Waals surface area contributed by atoms with Crippen molar-refractivity contribution in [2.75, 3.05) is 54.2 Å². The van der Waals surface area contributed by atoms with Crippen molar-refractivity contribution in [3.8, 4) is 34.5 Å². The molecule has 36 nitrogen and oxygen atoms in total. The zero-order chi connectivity index (χ0) is 103. The van der Waals surface area contributed by atoms with Crippen molar-refractivity contribution in [1.29, 1.82) is 0 Å². The van der Waals surface area contributed by atoms with E-state index in [9.17, 15) is 115 Å². The molecule has 6 aliphatic heterocycles. The number of esters is 1. The van der Waals surface area contributed by atoms with Gasteiger partial charge in [0.1, 0.15) is 57.6 Å². The summed E-state index contributed by atoms with van der Waals surface area (Å²) in [6, 6.07) is 31.1. The Morgan fingerprint density at radius 1 is 0.396 bits per heavy atom. The Labute approximate surface area is 810 Å². The molecule has 1 unspecified atom stereocenters. The Morgan fingerprint density at radius 3 is 0.928 bits per heavy atom. The molecule has 6 aliphatic rings. The van der Waals surface area contributed by atoms with Gasteiger partial charge in [0.2, 0.25) is 15.9 Å². The van der Waals surface area contributed by atoms with Crippen LogP contribution in [0.5, 0.6) is 34.5 Å². The van der Waals surface area contributed by atoms with Crippen molar-refractivity contribution < 1.29 is 153 Å². The van der Waals surface area contributed by atoms with E-state index in [0.717, 1.165) is 43.9 Å². The third-order valence-electron chi connectivity index (χ3n) is 24.1. The lowest BCUT2D eigenvalue weighted by atomic mass is 9.64. The van der Waals surface area contributed by atoms with Gasteiger partial charge in [0, 0.05) is 154 Å². The molecule has 6 aromatic carbocycles. The van der Waals surface area contributed by atoms with E-state index in [-0.39, 0.29) is 170 Å². The minimum atomic E-state index is -3.32. The molecule has 0 spiro atoms. The summed E-state index contributed by atoms with van der Waals surface area (Å²) < 4.78 is 66.4. The zero-order valence-corrected chi connectivity index (χ0v) is 81.6. The van der Waals surface area contributed by atoms with Crippen LogP contribution in [0.3, 0.4) is 0 Å². The normalized spacial score (nSPS) is 16.8. The largest absolute Gasteiger partial charge is 0.535 e. The number of para-hydroxylation sites is 6. The SMILES string of the molecule is CC(=O)C(=O)C[C@H]1Cc2cccc(C(C)=O)c2OB1O.CC(=O)NCCCC(=O)C[C@H]1Cc2cccc(C(C)=O)c2OB1O.CC(=O)c1cccc2c1OB(O)[C@@H](CC(=O)CCN(C)S(C)(=O)=O)C2.CNC(=O)NCC(=O)C[C@H]1Cc2cccc(C(C)=O)c2OB1O.COC(=O)CCCC(=O)C[C@H]1Cc2cccc(C(C)=O)c2OB1O.COC(C)CCC(=O)C[C@H]1Cc2cccc(C(C)=O)c2OB1O. The van der Waals surface area contributed by atoms with Crippen LogP contribution in [0.15, 0.2) is 109 Å². The summed E-state index contributed by atoms with van der Waals surface area (Å²) in [7, 11) is -4.32. The first kappa shape index (κ1) is 114. The summed E-state index contributed by atoms with van der Waals surface area (Å²) >= 11 is 0. The Balaban J connectivity index is 0.000000227. The van der Waals surface area contributed by atoms with Crippen molar-refractivity contribution in [3.63, 3.8) is 0 Å². The fraction of sp³-hybridized carbons (Fsp3) is 0.458.